The van der Waals surface area contributed by atoms with E-state index >= 15 is 0 Å². The fourth-order valence-electron chi connectivity index (χ4n) is 1.89. The third-order valence-corrected chi connectivity index (χ3v) is 4.45. The van der Waals surface area contributed by atoms with Crippen molar-refractivity contribution in [2.75, 3.05) is 5.75 Å². The van der Waals surface area contributed by atoms with Crippen LogP contribution in [0.5, 0.6) is 0 Å². The van der Waals surface area contributed by atoms with Gasteiger partial charge < -0.3 is 10.2 Å². The predicted molar refractivity (Wildman–Crippen MR) is 85.8 cm³/mol. The normalized spacial score (nSPS) is 12.7. The van der Waals surface area contributed by atoms with Crippen molar-refractivity contribution in [2.45, 2.75) is 11.1 Å². The largest absolute Gasteiger partial charge is 0.459 e. The van der Waals surface area contributed by atoms with E-state index in [1.807, 2.05) is 42.5 Å². The van der Waals surface area contributed by atoms with Gasteiger partial charge in [-0.3, -0.25) is 0 Å². The number of thioether (sulfide) groups is 1. The Morgan fingerprint density at radius 1 is 1.25 bits per heavy atom. The molecule has 0 radical (unpaired) electrons. The van der Waals surface area contributed by atoms with E-state index in [2.05, 4.69) is 20.9 Å². The molecule has 3 rings (SSSR count). The lowest BCUT2D eigenvalue weighted by atomic mass is 10.2. The van der Waals surface area contributed by atoms with Crippen LogP contribution in [-0.4, -0.2) is 10.7 Å². The number of pyridine rings is 1. The van der Waals surface area contributed by atoms with Gasteiger partial charge in [-0.1, -0.05) is 18.2 Å². The van der Waals surface area contributed by atoms with Crippen LogP contribution in [0.3, 0.4) is 0 Å². The highest BCUT2D eigenvalue weighted by Crippen LogP contribution is 2.27. The first-order valence-corrected chi connectivity index (χ1v) is 7.98. The molecule has 2 aromatic heterocycles. The van der Waals surface area contributed by atoms with Crippen LogP contribution < -0.4 is 5.73 Å². The summed E-state index contributed by atoms with van der Waals surface area (Å²) in [6, 6.07) is 13.7. The highest BCUT2D eigenvalue weighted by atomic mass is 79.9. The van der Waals surface area contributed by atoms with Gasteiger partial charge in [-0.15, -0.1) is 11.8 Å². The van der Waals surface area contributed by atoms with E-state index in [-0.39, 0.29) is 6.04 Å². The molecule has 1 atom stereocenters. The van der Waals surface area contributed by atoms with Crippen molar-refractivity contribution < 1.29 is 4.42 Å². The highest BCUT2D eigenvalue weighted by Gasteiger charge is 2.12. The van der Waals surface area contributed by atoms with E-state index in [9.17, 15) is 0 Å². The number of furan rings is 1. The molecule has 5 heteroatoms. The zero-order valence-electron chi connectivity index (χ0n) is 10.6. The molecule has 0 saturated carbocycles. The summed E-state index contributed by atoms with van der Waals surface area (Å²) in [5, 5.41) is 2.05. The zero-order chi connectivity index (χ0) is 13.9. The van der Waals surface area contributed by atoms with E-state index < -0.39 is 0 Å². The lowest BCUT2D eigenvalue weighted by molar-refractivity contribution is 0.516. The summed E-state index contributed by atoms with van der Waals surface area (Å²) in [7, 11) is 0. The quantitative estimate of drug-likeness (QED) is 0.710. The molecule has 0 saturated heterocycles. The molecule has 1 unspecified atom stereocenters. The van der Waals surface area contributed by atoms with Crippen molar-refractivity contribution >= 4 is 38.7 Å². The number of aromatic nitrogens is 1. The smallest absolute Gasteiger partial charge is 0.134 e. The number of fused-ring (bicyclic) bond motifs is 1. The molecule has 0 aliphatic carbocycles. The van der Waals surface area contributed by atoms with E-state index in [0.29, 0.717) is 0 Å². The molecule has 0 bridgehead atoms. The van der Waals surface area contributed by atoms with Gasteiger partial charge in [-0.2, -0.15) is 0 Å². The minimum atomic E-state index is -0.141. The molecule has 1 aromatic carbocycles. The Morgan fingerprint density at radius 3 is 2.85 bits per heavy atom. The van der Waals surface area contributed by atoms with Crippen molar-refractivity contribution in [3.63, 3.8) is 0 Å². The second-order valence-corrected chi connectivity index (χ2v) is 6.37. The summed E-state index contributed by atoms with van der Waals surface area (Å²) < 4.78 is 6.75. The van der Waals surface area contributed by atoms with E-state index in [1.54, 1.807) is 18.0 Å². The van der Waals surface area contributed by atoms with Crippen LogP contribution in [0.4, 0.5) is 0 Å². The predicted octanol–water partition coefficient (Wildman–Crippen LogP) is 4.38. The topological polar surface area (TPSA) is 52.0 Å². The van der Waals surface area contributed by atoms with Crippen molar-refractivity contribution in [3.05, 3.63) is 58.9 Å². The molecule has 2 N–H and O–H groups in total. The molecule has 0 aliphatic heterocycles. The van der Waals surface area contributed by atoms with Gasteiger partial charge in [0.1, 0.15) is 11.3 Å². The van der Waals surface area contributed by atoms with Crippen molar-refractivity contribution in [3.8, 4) is 0 Å². The van der Waals surface area contributed by atoms with Crippen molar-refractivity contribution in [2.24, 2.45) is 5.73 Å². The number of halogens is 1. The third kappa shape index (κ3) is 3.06. The Kier molecular flexibility index (Phi) is 4.10. The first kappa shape index (κ1) is 13.7. The first-order chi connectivity index (χ1) is 9.72. The van der Waals surface area contributed by atoms with Gasteiger partial charge in [0.25, 0.3) is 0 Å². The minimum Gasteiger partial charge on any atom is -0.459 e. The van der Waals surface area contributed by atoms with E-state index in [4.69, 9.17) is 10.2 Å². The van der Waals surface area contributed by atoms with Gasteiger partial charge in [0, 0.05) is 21.8 Å². The molecule has 3 aromatic rings. The molecule has 102 valence electrons. The van der Waals surface area contributed by atoms with E-state index in [1.165, 1.54) is 0 Å². The Balaban J connectivity index is 1.69. The fraction of sp³-hybridized carbons (Fsp3) is 0.133. The number of hydrogen-bond acceptors (Lipinski definition) is 4. The number of para-hydroxylation sites is 1. The first-order valence-electron chi connectivity index (χ1n) is 6.21. The second-order valence-electron chi connectivity index (χ2n) is 4.42. The average molecular weight is 349 g/mol. The SMILES string of the molecule is NC(CSc1ccc(Br)cn1)c1cc2ccccc2o1. The van der Waals surface area contributed by atoms with Gasteiger partial charge in [0.15, 0.2) is 0 Å². The van der Waals surface area contributed by atoms with Crippen LogP contribution in [0.25, 0.3) is 11.0 Å². The molecule has 0 amide bonds. The van der Waals surface area contributed by atoms with Crippen LogP contribution >= 0.6 is 27.7 Å². The lowest BCUT2D eigenvalue weighted by Gasteiger charge is -2.07. The number of rotatable bonds is 4. The Hall–Kier alpha value is -1.30. The molecule has 3 nitrogen and oxygen atoms in total. The van der Waals surface area contributed by atoms with Crippen LogP contribution in [0, 0.1) is 0 Å². The summed E-state index contributed by atoms with van der Waals surface area (Å²) in [6.07, 6.45) is 1.79. The maximum absolute atomic E-state index is 6.18. The number of benzene rings is 1. The van der Waals surface area contributed by atoms with Gasteiger partial charge >= 0.3 is 0 Å². The second kappa shape index (κ2) is 5.99. The summed E-state index contributed by atoms with van der Waals surface area (Å²) in [4.78, 5) is 4.32. The minimum absolute atomic E-state index is 0.141. The van der Waals surface area contributed by atoms with Crippen LogP contribution in [-0.2, 0) is 0 Å². The standard InChI is InChI=1S/C15H13BrN2OS/c16-11-5-6-15(18-8-11)20-9-12(17)14-7-10-3-1-2-4-13(10)19-14/h1-8,12H,9,17H2. The molecule has 0 aliphatic rings. The van der Waals surface area contributed by atoms with Crippen molar-refractivity contribution in [1.29, 1.82) is 0 Å². The number of nitrogens with two attached hydrogens (primary N) is 1. The fourth-order valence-corrected chi connectivity index (χ4v) is 2.93. The van der Waals surface area contributed by atoms with Gasteiger partial charge in [-0.05, 0) is 40.2 Å². The summed E-state index contributed by atoms with van der Waals surface area (Å²) in [5.74, 6) is 1.55. The monoisotopic (exact) mass is 348 g/mol. The molecular weight excluding hydrogens is 336 g/mol. The van der Waals surface area contributed by atoms with E-state index in [0.717, 1.165) is 32.0 Å². The van der Waals surface area contributed by atoms with Gasteiger partial charge in [0.05, 0.1) is 11.1 Å². The zero-order valence-corrected chi connectivity index (χ0v) is 13.0. The summed E-state index contributed by atoms with van der Waals surface area (Å²) >= 11 is 5.00. The van der Waals surface area contributed by atoms with Gasteiger partial charge in [0.2, 0.25) is 0 Å². The van der Waals surface area contributed by atoms with Crippen LogP contribution in [0.2, 0.25) is 0 Å². The number of hydrogen-bond donors (Lipinski definition) is 1. The van der Waals surface area contributed by atoms with Crippen molar-refractivity contribution in [1.82, 2.24) is 4.98 Å². The maximum atomic E-state index is 6.18. The highest BCUT2D eigenvalue weighted by molar-refractivity contribution is 9.10. The van der Waals surface area contributed by atoms with Crippen LogP contribution in [0.15, 0.2) is 62.6 Å². The van der Waals surface area contributed by atoms with Crippen LogP contribution in [0.1, 0.15) is 11.8 Å². The summed E-state index contributed by atoms with van der Waals surface area (Å²) in [5.41, 5.74) is 7.06. The molecule has 2 heterocycles. The lowest BCUT2D eigenvalue weighted by Crippen LogP contribution is -2.11. The average Bonchev–Trinajstić information content (AvgIpc) is 2.90. The number of nitrogens with zero attached hydrogens (tertiary/aromatic N) is 1. The van der Waals surface area contributed by atoms with Gasteiger partial charge in [-0.25, -0.2) is 4.98 Å². The molecule has 20 heavy (non-hydrogen) atoms. The Labute approximate surface area is 129 Å². The molecule has 0 fully saturated rings. The molecule has 0 spiro atoms. The Morgan fingerprint density at radius 2 is 2.10 bits per heavy atom. The molecular formula is C15H13BrN2OS. The third-order valence-electron chi connectivity index (χ3n) is 2.92. The maximum Gasteiger partial charge on any atom is 0.134 e. The summed E-state index contributed by atoms with van der Waals surface area (Å²) in [6.45, 7) is 0. The Bertz CT molecular complexity index is 678.